The minimum Gasteiger partial charge on any atom is -0.491 e. The number of amides is 1. The molecule has 0 saturated carbocycles. The van der Waals surface area contributed by atoms with Crippen LogP contribution in [0.15, 0.2) is 43.2 Å². The van der Waals surface area contributed by atoms with Gasteiger partial charge >= 0.3 is 0 Å². The third kappa shape index (κ3) is 5.97. The van der Waals surface area contributed by atoms with E-state index in [2.05, 4.69) is 21.4 Å². The van der Waals surface area contributed by atoms with E-state index < -0.39 is 0 Å². The second kappa shape index (κ2) is 11.3. The molecule has 0 radical (unpaired) electrons. The first kappa shape index (κ1) is 24.7. The van der Waals surface area contributed by atoms with Crippen LogP contribution in [-0.2, 0) is 11.3 Å². The van der Waals surface area contributed by atoms with Crippen LogP contribution < -0.4 is 10.5 Å². The molecule has 9 heteroatoms. The van der Waals surface area contributed by atoms with Crippen molar-refractivity contribution in [2.45, 2.75) is 45.8 Å². The van der Waals surface area contributed by atoms with Gasteiger partial charge in [0.2, 0.25) is 5.91 Å². The number of aromatic nitrogens is 4. The Bertz CT molecular complexity index is 1150. The Labute approximate surface area is 206 Å². The van der Waals surface area contributed by atoms with Crippen molar-refractivity contribution in [3.05, 3.63) is 43.2 Å². The minimum absolute atomic E-state index is 0.0275. The van der Waals surface area contributed by atoms with Crippen molar-refractivity contribution in [2.75, 3.05) is 38.5 Å². The predicted molar refractivity (Wildman–Crippen MR) is 138 cm³/mol. The molecule has 9 nitrogen and oxygen atoms in total. The van der Waals surface area contributed by atoms with Crippen LogP contribution in [0.3, 0.4) is 0 Å². The van der Waals surface area contributed by atoms with Gasteiger partial charge in [0.1, 0.15) is 23.6 Å². The van der Waals surface area contributed by atoms with Gasteiger partial charge in [0, 0.05) is 38.3 Å². The number of nitrogen functional groups attached to an aromatic ring is 1. The monoisotopic (exact) mass is 477 g/mol. The summed E-state index contributed by atoms with van der Waals surface area (Å²) in [5, 5.41) is 5.66. The number of rotatable bonds is 10. The van der Waals surface area contributed by atoms with E-state index in [9.17, 15) is 4.79 Å². The molecule has 1 aliphatic heterocycles. The lowest BCUT2D eigenvalue weighted by Gasteiger charge is -2.34. The molecule has 3 aromatic rings. The topological polar surface area (TPSA) is 102 Å². The third-order valence-corrected chi connectivity index (χ3v) is 6.26. The van der Waals surface area contributed by atoms with Crippen LogP contribution in [0, 0.1) is 0 Å². The van der Waals surface area contributed by atoms with E-state index in [1.807, 2.05) is 47.7 Å². The second-order valence-corrected chi connectivity index (χ2v) is 9.15. The van der Waals surface area contributed by atoms with E-state index in [1.165, 1.54) is 12.4 Å². The van der Waals surface area contributed by atoms with Gasteiger partial charge in [-0.2, -0.15) is 5.10 Å². The van der Waals surface area contributed by atoms with Gasteiger partial charge < -0.3 is 15.4 Å². The molecule has 0 atom stereocenters. The fourth-order valence-electron chi connectivity index (χ4n) is 4.45. The summed E-state index contributed by atoms with van der Waals surface area (Å²) in [6.45, 7) is 12.8. The first-order chi connectivity index (χ1) is 17.0. The van der Waals surface area contributed by atoms with Crippen LogP contribution in [0.4, 0.5) is 5.82 Å². The van der Waals surface area contributed by atoms with Crippen molar-refractivity contribution in [2.24, 2.45) is 0 Å². The molecule has 2 aromatic heterocycles. The summed E-state index contributed by atoms with van der Waals surface area (Å²) >= 11 is 0. The summed E-state index contributed by atoms with van der Waals surface area (Å²) in [6.07, 6.45) is 6.21. The maximum Gasteiger partial charge on any atom is 0.246 e. The maximum atomic E-state index is 11.7. The Balaban J connectivity index is 1.35. The summed E-state index contributed by atoms with van der Waals surface area (Å²) < 4.78 is 7.71. The van der Waals surface area contributed by atoms with E-state index in [0.717, 1.165) is 86.6 Å². The van der Waals surface area contributed by atoms with Crippen molar-refractivity contribution >= 4 is 22.8 Å². The SMILES string of the molecule is C=CC(=O)N1CCN(CCCCCn2nc(-c3ccc(OC(C)C)cc3)c3c(N)ncnc32)CC1. The number of aryl methyl sites for hydroxylation is 1. The average molecular weight is 478 g/mol. The van der Waals surface area contributed by atoms with Gasteiger partial charge in [-0.25, -0.2) is 14.6 Å². The molecule has 4 rings (SSSR count). The Kier molecular flexibility index (Phi) is 7.97. The van der Waals surface area contributed by atoms with E-state index in [4.69, 9.17) is 15.6 Å². The van der Waals surface area contributed by atoms with Gasteiger partial charge in [0.25, 0.3) is 0 Å². The maximum absolute atomic E-state index is 11.7. The number of unbranched alkanes of at least 4 members (excludes halogenated alkanes) is 2. The molecular weight excluding hydrogens is 442 g/mol. The molecule has 0 aliphatic carbocycles. The Hall–Kier alpha value is -3.46. The minimum atomic E-state index is 0.0275. The van der Waals surface area contributed by atoms with Crippen molar-refractivity contribution in [1.29, 1.82) is 0 Å². The fraction of sp³-hybridized carbons (Fsp3) is 0.462. The van der Waals surface area contributed by atoms with Crippen LogP contribution >= 0.6 is 0 Å². The van der Waals surface area contributed by atoms with Crippen molar-refractivity contribution in [3.63, 3.8) is 0 Å². The zero-order valence-electron chi connectivity index (χ0n) is 20.7. The number of ether oxygens (including phenoxy) is 1. The molecule has 1 aliphatic rings. The Morgan fingerprint density at radius 3 is 2.49 bits per heavy atom. The quantitative estimate of drug-likeness (QED) is 0.353. The first-order valence-corrected chi connectivity index (χ1v) is 12.3. The van der Waals surface area contributed by atoms with E-state index >= 15 is 0 Å². The molecule has 0 bridgehead atoms. The largest absolute Gasteiger partial charge is 0.491 e. The zero-order chi connectivity index (χ0) is 24.8. The van der Waals surface area contributed by atoms with Gasteiger partial charge in [-0.05, 0) is 63.6 Å². The number of piperazine rings is 1. The number of hydrogen-bond acceptors (Lipinski definition) is 7. The molecule has 1 saturated heterocycles. The number of nitrogens with zero attached hydrogens (tertiary/aromatic N) is 6. The van der Waals surface area contributed by atoms with Crippen molar-refractivity contribution in [3.8, 4) is 17.0 Å². The normalized spacial score (nSPS) is 14.5. The lowest BCUT2D eigenvalue weighted by atomic mass is 10.1. The highest BCUT2D eigenvalue weighted by molar-refractivity contribution is 5.98. The number of hydrogen-bond donors (Lipinski definition) is 1. The number of anilines is 1. The zero-order valence-corrected chi connectivity index (χ0v) is 20.7. The number of fused-ring (bicyclic) bond motifs is 1. The number of carbonyl (C=O) groups excluding carboxylic acids is 1. The highest BCUT2D eigenvalue weighted by Crippen LogP contribution is 2.31. The Morgan fingerprint density at radius 1 is 1.09 bits per heavy atom. The van der Waals surface area contributed by atoms with E-state index in [1.54, 1.807) is 0 Å². The standard InChI is InChI=1S/C26H35N7O2/c1-4-22(34)32-16-14-31(15-17-32)12-6-5-7-13-33-26-23(25(27)28-18-29-26)24(30-33)20-8-10-21(11-9-20)35-19(2)3/h4,8-11,18-19H,1,5-7,12-17H2,2-3H3,(H2,27,28,29). The summed E-state index contributed by atoms with van der Waals surface area (Å²) in [5.74, 6) is 1.29. The average Bonchev–Trinajstić information content (AvgIpc) is 3.24. The molecule has 1 aromatic carbocycles. The van der Waals surface area contributed by atoms with Crippen LogP contribution in [0.25, 0.3) is 22.3 Å². The molecule has 1 amide bonds. The van der Waals surface area contributed by atoms with Gasteiger partial charge in [0.15, 0.2) is 5.65 Å². The molecule has 35 heavy (non-hydrogen) atoms. The summed E-state index contributed by atoms with van der Waals surface area (Å²) in [6, 6.07) is 7.90. The number of benzene rings is 1. The first-order valence-electron chi connectivity index (χ1n) is 12.3. The predicted octanol–water partition coefficient (Wildman–Crippen LogP) is 3.36. The van der Waals surface area contributed by atoms with Crippen LogP contribution in [0.2, 0.25) is 0 Å². The van der Waals surface area contributed by atoms with Gasteiger partial charge in [-0.1, -0.05) is 13.0 Å². The fourth-order valence-corrected chi connectivity index (χ4v) is 4.45. The van der Waals surface area contributed by atoms with Crippen LogP contribution in [0.5, 0.6) is 5.75 Å². The van der Waals surface area contributed by atoms with Crippen molar-refractivity contribution < 1.29 is 9.53 Å². The van der Waals surface area contributed by atoms with Gasteiger partial charge in [-0.15, -0.1) is 0 Å². The lowest BCUT2D eigenvalue weighted by Crippen LogP contribution is -2.48. The van der Waals surface area contributed by atoms with E-state index in [-0.39, 0.29) is 12.0 Å². The summed E-state index contributed by atoms with van der Waals surface area (Å²) in [4.78, 5) is 24.7. The molecule has 0 spiro atoms. The van der Waals surface area contributed by atoms with Crippen LogP contribution in [0.1, 0.15) is 33.1 Å². The van der Waals surface area contributed by atoms with Gasteiger partial charge in [-0.3, -0.25) is 9.69 Å². The number of carbonyl (C=O) groups is 1. The molecule has 2 N–H and O–H groups in total. The smallest absolute Gasteiger partial charge is 0.246 e. The molecule has 1 fully saturated rings. The van der Waals surface area contributed by atoms with Gasteiger partial charge in [0.05, 0.1) is 11.5 Å². The molecule has 0 unspecified atom stereocenters. The summed E-state index contributed by atoms with van der Waals surface area (Å²) in [7, 11) is 0. The Morgan fingerprint density at radius 2 is 1.80 bits per heavy atom. The number of nitrogens with two attached hydrogens (primary N) is 1. The van der Waals surface area contributed by atoms with Crippen molar-refractivity contribution in [1.82, 2.24) is 29.5 Å². The third-order valence-electron chi connectivity index (χ3n) is 6.26. The van der Waals surface area contributed by atoms with E-state index in [0.29, 0.717) is 5.82 Å². The lowest BCUT2D eigenvalue weighted by molar-refractivity contribution is -0.127. The molecular formula is C26H35N7O2. The van der Waals surface area contributed by atoms with Crippen LogP contribution in [-0.4, -0.2) is 74.3 Å². The highest BCUT2D eigenvalue weighted by Gasteiger charge is 2.19. The highest BCUT2D eigenvalue weighted by atomic mass is 16.5. The molecule has 186 valence electrons. The molecule has 3 heterocycles. The summed E-state index contributed by atoms with van der Waals surface area (Å²) in [5.41, 5.74) is 8.75. The second-order valence-electron chi connectivity index (χ2n) is 9.15.